The van der Waals surface area contributed by atoms with Gasteiger partial charge in [-0.05, 0) is 57.5 Å². The maximum Gasteiger partial charge on any atom is 0.416 e. The van der Waals surface area contributed by atoms with Crippen molar-refractivity contribution in [2.24, 2.45) is 0 Å². The minimum atomic E-state index is -4.40. The molecule has 0 atom stereocenters. The summed E-state index contributed by atoms with van der Waals surface area (Å²) >= 11 is 0. The topological polar surface area (TPSA) is 86.5 Å². The summed E-state index contributed by atoms with van der Waals surface area (Å²) in [5.41, 5.74) is -0.748. The van der Waals surface area contributed by atoms with E-state index in [9.17, 15) is 18.0 Å². The number of nitrogens with zero attached hydrogens (tertiary/aromatic N) is 3. The number of hydrogen-bond donors (Lipinski definition) is 1. The number of carboxylic acid groups (broad SMARTS) is 1. The first-order chi connectivity index (χ1) is 15.9. The largest absolute Gasteiger partial charge is 0.478 e. The lowest BCUT2D eigenvalue weighted by Gasteiger charge is -2.21. The van der Waals surface area contributed by atoms with Crippen LogP contribution in [0, 0.1) is 0 Å². The Morgan fingerprint density at radius 1 is 1.03 bits per heavy atom. The molecule has 0 spiro atoms. The first-order valence-electron chi connectivity index (χ1n) is 10.6. The standard InChI is InChI=1S/C24H26F3N3O4/c1-15(2)30-20(28-21(29-30)17-7-9-18(10-8-17)24(25,26)27)14-33-13-16-5-11-19(12-6-16)34-23(3,4)22(31)32/h5-12,15H,13-14H2,1-4H3,(H,31,32). The van der Waals surface area contributed by atoms with E-state index < -0.39 is 23.3 Å². The third-order valence-corrected chi connectivity index (χ3v) is 4.97. The molecule has 0 radical (unpaired) electrons. The lowest BCUT2D eigenvalue weighted by Crippen LogP contribution is -2.37. The molecule has 0 bridgehead atoms. The number of aliphatic carboxylic acids is 1. The number of carbonyl (C=O) groups is 1. The van der Waals surface area contributed by atoms with Gasteiger partial charge in [-0.25, -0.2) is 14.5 Å². The van der Waals surface area contributed by atoms with Gasteiger partial charge in [0.2, 0.25) is 0 Å². The Morgan fingerprint density at radius 2 is 1.65 bits per heavy atom. The molecule has 34 heavy (non-hydrogen) atoms. The van der Waals surface area contributed by atoms with Crippen LogP contribution in [0.5, 0.6) is 5.75 Å². The lowest BCUT2D eigenvalue weighted by molar-refractivity contribution is -0.152. The highest BCUT2D eigenvalue weighted by Crippen LogP contribution is 2.30. The molecule has 0 aliphatic rings. The molecule has 0 amide bonds. The number of halogens is 3. The van der Waals surface area contributed by atoms with Crippen LogP contribution in [-0.2, 0) is 28.9 Å². The fraction of sp³-hybridized carbons (Fsp3) is 0.375. The number of ether oxygens (including phenoxy) is 2. The molecule has 0 saturated heterocycles. The van der Waals surface area contributed by atoms with Crippen molar-refractivity contribution >= 4 is 5.97 Å². The predicted molar refractivity (Wildman–Crippen MR) is 118 cm³/mol. The van der Waals surface area contributed by atoms with Gasteiger partial charge in [0, 0.05) is 11.6 Å². The van der Waals surface area contributed by atoms with Gasteiger partial charge in [-0.1, -0.05) is 24.3 Å². The molecule has 0 aliphatic heterocycles. The number of aromatic nitrogens is 3. The fourth-order valence-electron chi connectivity index (χ4n) is 3.05. The van der Waals surface area contributed by atoms with E-state index in [-0.39, 0.29) is 19.3 Å². The van der Waals surface area contributed by atoms with Crippen molar-refractivity contribution in [3.63, 3.8) is 0 Å². The van der Waals surface area contributed by atoms with E-state index in [1.807, 2.05) is 13.8 Å². The Labute approximate surface area is 195 Å². The molecule has 0 saturated carbocycles. The molecular formula is C24H26F3N3O4. The highest BCUT2D eigenvalue weighted by atomic mass is 19.4. The Morgan fingerprint density at radius 3 is 2.18 bits per heavy atom. The van der Waals surface area contributed by atoms with Gasteiger partial charge in [0.05, 0.1) is 12.2 Å². The van der Waals surface area contributed by atoms with Crippen LogP contribution in [0.1, 0.15) is 50.7 Å². The van der Waals surface area contributed by atoms with E-state index >= 15 is 0 Å². The third-order valence-electron chi connectivity index (χ3n) is 4.97. The summed E-state index contributed by atoms with van der Waals surface area (Å²) in [4.78, 5) is 15.7. The Balaban J connectivity index is 1.66. The van der Waals surface area contributed by atoms with Crippen molar-refractivity contribution in [1.29, 1.82) is 0 Å². The Hall–Kier alpha value is -3.40. The highest BCUT2D eigenvalue weighted by molar-refractivity contribution is 5.76. The quantitative estimate of drug-likeness (QED) is 0.438. The van der Waals surface area contributed by atoms with Crippen LogP contribution in [0.3, 0.4) is 0 Å². The summed E-state index contributed by atoms with van der Waals surface area (Å²) in [6.07, 6.45) is -4.40. The van der Waals surface area contributed by atoms with Crippen LogP contribution in [0.2, 0.25) is 0 Å². The van der Waals surface area contributed by atoms with E-state index in [0.717, 1.165) is 17.7 Å². The van der Waals surface area contributed by atoms with Gasteiger partial charge in [0.1, 0.15) is 12.4 Å². The molecule has 1 heterocycles. The molecule has 0 fully saturated rings. The minimum absolute atomic E-state index is 0.0247. The van der Waals surface area contributed by atoms with Gasteiger partial charge in [0.25, 0.3) is 0 Å². The smallest absolute Gasteiger partial charge is 0.416 e. The van der Waals surface area contributed by atoms with Crippen LogP contribution in [0.15, 0.2) is 48.5 Å². The second kappa shape index (κ2) is 9.84. The number of hydrogen-bond acceptors (Lipinski definition) is 5. The van der Waals surface area contributed by atoms with Crippen LogP contribution in [0.4, 0.5) is 13.2 Å². The molecule has 3 rings (SSSR count). The molecule has 7 nitrogen and oxygen atoms in total. The van der Waals surface area contributed by atoms with Crippen molar-refractivity contribution in [3.05, 3.63) is 65.5 Å². The maximum absolute atomic E-state index is 12.8. The zero-order valence-electron chi connectivity index (χ0n) is 19.3. The van der Waals surface area contributed by atoms with Crippen molar-refractivity contribution in [3.8, 4) is 17.1 Å². The third kappa shape index (κ3) is 6.13. The van der Waals surface area contributed by atoms with E-state index in [2.05, 4.69) is 10.1 Å². The molecule has 1 aromatic heterocycles. The van der Waals surface area contributed by atoms with E-state index in [1.165, 1.54) is 26.0 Å². The molecule has 3 aromatic rings. The van der Waals surface area contributed by atoms with Crippen molar-refractivity contribution in [1.82, 2.24) is 14.8 Å². The van der Waals surface area contributed by atoms with E-state index in [1.54, 1.807) is 28.9 Å². The van der Waals surface area contributed by atoms with Gasteiger partial charge in [-0.2, -0.15) is 18.3 Å². The van der Waals surface area contributed by atoms with Crippen molar-refractivity contribution in [2.45, 2.75) is 58.7 Å². The fourth-order valence-corrected chi connectivity index (χ4v) is 3.05. The average molecular weight is 477 g/mol. The Bertz CT molecular complexity index is 1120. The number of carboxylic acids is 1. The van der Waals surface area contributed by atoms with Gasteiger partial charge in [0.15, 0.2) is 17.2 Å². The van der Waals surface area contributed by atoms with Gasteiger partial charge < -0.3 is 14.6 Å². The molecule has 182 valence electrons. The number of benzene rings is 2. The molecule has 2 aromatic carbocycles. The summed E-state index contributed by atoms with van der Waals surface area (Å²) in [6, 6.07) is 11.6. The normalized spacial score (nSPS) is 12.2. The SMILES string of the molecule is CC(C)n1nc(-c2ccc(C(F)(F)F)cc2)nc1COCc1ccc(OC(C)(C)C(=O)O)cc1. The second-order valence-electron chi connectivity index (χ2n) is 8.52. The van der Waals surface area contributed by atoms with Crippen LogP contribution in [-0.4, -0.2) is 31.4 Å². The van der Waals surface area contributed by atoms with Crippen molar-refractivity contribution in [2.75, 3.05) is 0 Å². The van der Waals surface area contributed by atoms with Crippen LogP contribution in [0.25, 0.3) is 11.4 Å². The van der Waals surface area contributed by atoms with E-state index in [4.69, 9.17) is 14.6 Å². The molecule has 0 unspecified atom stereocenters. The van der Waals surface area contributed by atoms with Crippen LogP contribution < -0.4 is 4.74 Å². The average Bonchev–Trinajstić information content (AvgIpc) is 3.19. The molecular weight excluding hydrogens is 451 g/mol. The number of alkyl halides is 3. The summed E-state index contributed by atoms with van der Waals surface area (Å²) in [6.45, 7) is 7.20. The highest BCUT2D eigenvalue weighted by Gasteiger charge is 2.30. The minimum Gasteiger partial charge on any atom is -0.478 e. The van der Waals surface area contributed by atoms with E-state index in [0.29, 0.717) is 23.0 Å². The molecule has 1 N–H and O–H groups in total. The molecule has 0 aliphatic carbocycles. The monoisotopic (exact) mass is 477 g/mol. The summed E-state index contributed by atoms with van der Waals surface area (Å²) in [5.74, 6) is 0.235. The molecule has 10 heteroatoms. The summed E-state index contributed by atoms with van der Waals surface area (Å²) in [7, 11) is 0. The van der Waals surface area contributed by atoms with Crippen LogP contribution >= 0.6 is 0 Å². The second-order valence-corrected chi connectivity index (χ2v) is 8.52. The number of rotatable bonds is 9. The zero-order valence-corrected chi connectivity index (χ0v) is 19.3. The first-order valence-corrected chi connectivity index (χ1v) is 10.6. The Kier molecular flexibility index (Phi) is 7.30. The van der Waals surface area contributed by atoms with Crippen molar-refractivity contribution < 1.29 is 32.5 Å². The first kappa shape index (κ1) is 25.2. The zero-order chi connectivity index (χ0) is 25.1. The van der Waals surface area contributed by atoms with Gasteiger partial charge in [-0.3, -0.25) is 0 Å². The van der Waals surface area contributed by atoms with Gasteiger partial charge in [-0.15, -0.1) is 0 Å². The maximum atomic E-state index is 12.8. The lowest BCUT2D eigenvalue weighted by atomic mass is 10.1. The summed E-state index contributed by atoms with van der Waals surface area (Å²) < 4.78 is 51.4. The van der Waals surface area contributed by atoms with Gasteiger partial charge >= 0.3 is 12.1 Å². The predicted octanol–water partition coefficient (Wildman–Crippen LogP) is 5.50. The summed E-state index contributed by atoms with van der Waals surface area (Å²) in [5, 5.41) is 13.6.